The van der Waals surface area contributed by atoms with Crippen LogP contribution in [-0.2, 0) is 9.59 Å². The molecule has 2 saturated heterocycles. The summed E-state index contributed by atoms with van der Waals surface area (Å²) < 4.78 is -0.986. The van der Waals surface area contributed by atoms with Gasteiger partial charge < -0.3 is 20.4 Å². The minimum atomic E-state index is -0.986. The predicted molar refractivity (Wildman–Crippen MR) is 67.2 cm³/mol. The van der Waals surface area contributed by atoms with Gasteiger partial charge in [0.2, 0.25) is 5.91 Å². The van der Waals surface area contributed by atoms with Gasteiger partial charge in [-0.15, -0.1) is 11.8 Å². The maximum atomic E-state index is 11.8. The molecule has 2 aliphatic heterocycles. The number of aliphatic carboxylic acids is 1. The van der Waals surface area contributed by atoms with Crippen molar-refractivity contribution in [3.05, 3.63) is 0 Å². The van der Waals surface area contributed by atoms with Crippen LogP contribution in [0.1, 0.15) is 13.8 Å². The molecule has 4 atom stereocenters. The summed E-state index contributed by atoms with van der Waals surface area (Å²) >= 11 is 1.28. The van der Waals surface area contributed by atoms with Crippen LogP contribution in [0, 0.1) is 5.92 Å². The lowest BCUT2D eigenvalue weighted by Crippen LogP contribution is -2.60. The number of amides is 1. The Bertz CT molecular complexity index is 376. The fourth-order valence-electron chi connectivity index (χ4n) is 2.46. The first-order valence-corrected chi connectivity index (χ1v) is 6.91. The molecule has 0 aromatic heterocycles. The third-order valence-electron chi connectivity index (χ3n) is 3.52. The van der Waals surface area contributed by atoms with Crippen LogP contribution in [0.25, 0.3) is 0 Å². The SMILES string of the molecule is CCNCC1(C(=O)O)CN2C(=O)[C@H](C(C)O)[C@H]2S1. The highest BCUT2D eigenvalue weighted by molar-refractivity contribution is 8.02. The highest BCUT2D eigenvalue weighted by atomic mass is 32.2. The Morgan fingerprint density at radius 1 is 1.72 bits per heavy atom. The zero-order chi connectivity index (χ0) is 13.5. The Labute approximate surface area is 110 Å². The van der Waals surface area contributed by atoms with Crippen molar-refractivity contribution >= 4 is 23.6 Å². The van der Waals surface area contributed by atoms with Gasteiger partial charge in [-0.2, -0.15) is 0 Å². The van der Waals surface area contributed by atoms with Gasteiger partial charge >= 0.3 is 5.97 Å². The molecule has 2 aliphatic rings. The minimum absolute atomic E-state index is 0.137. The van der Waals surface area contributed by atoms with Crippen LogP contribution in [-0.4, -0.2) is 62.8 Å². The summed E-state index contributed by atoms with van der Waals surface area (Å²) in [5.74, 6) is -1.50. The summed E-state index contributed by atoms with van der Waals surface area (Å²) in [6.07, 6.45) is -0.727. The average molecular weight is 274 g/mol. The number of carbonyl (C=O) groups excluding carboxylic acids is 1. The number of β-lactam (4-membered cyclic amide) rings is 1. The fourth-order valence-corrected chi connectivity index (χ4v) is 4.22. The molecule has 0 radical (unpaired) electrons. The third kappa shape index (κ3) is 1.90. The van der Waals surface area contributed by atoms with E-state index >= 15 is 0 Å². The minimum Gasteiger partial charge on any atom is -0.480 e. The molecule has 0 saturated carbocycles. The van der Waals surface area contributed by atoms with Crippen LogP contribution in [0.2, 0.25) is 0 Å². The molecule has 2 unspecified atom stereocenters. The van der Waals surface area contributed by atoms with Gasteiger partial charge in [0.15, 0.2) is 0 Å². The molecule has 1 amide bonds. The normalized spacial score (nSPS) is 36.2. The molecule has 18 heavy (non-hydrogen) atoms. The van der Waals surface area contributed by atoms with E-state index in [2.05, 4.69) is 5.32 Å². The second-order valence-corrected chi connectivity index (χ2v) is 6.32. The van der Waals surface area contributed by atoms with Crippen LogP contribution in [0.4, 0.5) is 0 Å². The topological polar surface area (TPSA) is 89.9 Å². The van der Waals surface area contributed by atoms with Crippen molar-refractivity contribution in [2.75, 3.05) is 19.6 Å². The van der Waals surface area contributed by atoms with Crippen molar-refractivity contribution in [1.29, 1.82) is 0 Å². The zero-order valence-corrected chi connectivity index (χ0v) is 11.2. The van der Waals surface area contributed by atoms with E-state index in [1.807, 2.05) is 6.92 Å². The summed E-state index contributed by atoms with van der Waals surface area (Å²) in [7, 11) is 0. The van der Waals surface area contributed by atoms with E-state index in [4.69, 9.17) is 0 Å². The molecule has 0 aromatic carbocycles. The van der Waals surface area contributed by atoms with Gasteiger partial charge in [-0.25, -0.2) is 0 Å². The van der Waals surface area contributed by atoms with Gasteiger partial charge in [0.1, 0.15) is 4.75 Å². The Hall–Kier alpha value is -0.790. The average Bonchev–Trinajstić information content (AvgIpc) is 2.62. The standard InChI is InChI=1S/C11H18N2O4S/c1-3-12-4-11(10(16)17)5-13-8(15)7(6(2)14)9(13)18-11/h6-7,9,12,14H,3-5H2,1-2H3,(H,16,17)/t6?,7-,9+,11?/m0/s1. The second-order valence-electron chi connectivity index (χ2n) is 4.82. The number of aliphatic hydroxyl groups excluding tert-OH is 1. The Balaban J connectivity index is 2.14. The van der Waals surface area contributed by atoms with Gasteiger partial charge in [0.25, 0.3) is 0 Å². The lowest BCUT2D eigenvalue weighted by molar-refractivity contribution is -0.156. The van der Waals surface area contributed by atoms with E-state index in [-0.39, 0.29) is 17.8 Å². The molecule has 102 valence electrons. The second kappa shape index (κ2) is 4.71. The van der Waals surface area contributed by atoms with Gasteiger partial charge in [0, 0.05) is 13.1 Å². The summed E-state index contributed by atoms with van der Waals surface area (Å²) in [6.45, 7) is 4.72. The van der Waals surface area contributed by atoms with E-state index in [1.54, 1.807) is 11.8 Å². The van der Waals surface area contributed by atoms with E-state index in [0.717, 1.165) is 0 Å². The first kappa shape index (κ1) is 13.6. The number of nitrogens with one attached hydrogen (secondary N) is 1. The molecule has 0 aromatic rings. The van der Waals surface area contributed by atoms with Crippen molar-refractivity contribution < 1.29 is 19.8 Å². The fraction of sp³-hybridized carbons (Fsp3) is 0.818. The number of rotatable bonds is 5. The molecule has 0 bridgehead atoms. The zero-order valence-electron chi connectivity index (χ0n) is 10.4. The lowest BCUT2D eigenvalue weighted by Gasteiger charge is -2.42. The monoisotopic (exact) mass is 274 g/mol. The van der Waals surface area contributed by atoms with Gasteiger partial charge in [0.05, 0.1) is 17.4 Å². The number of nitrogens with zero attached hydrogens (tertiary/aromatic N) is 1. The maximum Gasteiger partial charge on any atom is 0.323 e. The van der Waals surface area contributed by atoms with Crippen LogP contribution in [0.15, 0.2) is 0 Å². The highest BCUT2D eigenvalue weighted by Gasteiger charge is 2.62. The van der Waals surface area contributed by atoms with Crippen molar-refractivity contribution in [3.63, 3.8) is 0 Å². The Morgan fingerprint density at radius 3 is 2.89 bits per heavy atom. The van der Waals surface area contributed by atoms with Crippen LogP contribution in [0.3, 0.4) is 0 Å². The first-order chi connectivity index (χ1) is 8.43. The summed E-state index contributed by atoms with van der Waals surface area (Å²) in [6, 6.07) is 0. The number of carbonyl (C=O) groups is 2. The van der Waals surface area contributed by atoms with Gasteiger partial charge in [-0.3, -0.25) is 9.59 Å². The summed E-state index contributed by atoms with van der Waals surface area (Å²) in [5, 5.41) is 21.8. The van der Waals surface area contributed by atoms with Crippen LogP contribution < -0.4 is 5.32 Å². The number of hydrogen-bond acceptors (Lipinski definition) is 5. The molecule has 0 aliphatic carbocycles. The largest absolute Gasteiger partial charge is 0.480 e. The van der Waals surface area contributed by atoms with Crippen molar-refractivity contribution in [1.82, 2.24) is 10.2 Å². The predicted octanol–water partition coefficient (Wildman–Crippen LogP) is -0.669. The van der Waals surface area contributed by atoms with Crippen molar-refractivity contribution in [3.8, 4) is 0 Å². The summed E-state index contributed by atoms with van der Waals surface area (Å²) in [4.78, 5) is 24.8. The number of carboxylic acids is 1. The molecule has 2 heterocycles. The lowest BCUT2D eigenvalue weighted by atomic mass is 9.92. The number of carboxylic acid groups (broad SMARTS) is 1. The molecule has 6 nitrogen and oxygen atoms in total. The molecule has 7 heteroatoms. The number of hydrogen-bond donors (Lipinski definition) is 3. The number of fused-ring (bicyclic) bond motifs is 1. The van der Waals surface area contributed by atoms with Crippen LogP contribution in [0.5, 0.6) is 0 Å². The first-order valence-electron chi connectivity index (χ1n) is 6.03. The number of thioether (sulfide) groups is 1. The van der Waals surface area contributed by atoms with E-state index in [0.29, 0.717) is 13.1 Å². The quantitative estimate of drug-likeness (QED) is 0.576. The van der Waals surface area contributed by atoms with E-state index in [9.17, 15) is 19.8 Å². The smallest absolute Gasteiger partial charge is 0.323 e. The van der Waals surface area contributed by atoms with E-state index in [1.165, 1.54) is 11.8 Å². The van der Waals surface area contributed by atoms with Gasteiger partial charge in [-0.05, 0) is 13.5 Å². The molecular weight excluding hydrogens is 256 g/mol. The molecular formula is C11H18N2O4S. The van der Waals surface area contributed by atoms with E-state index < -0.39 is 22.7 Å². The molecule has 0 spiro atoms. The molecule has 2 rings (SSSR count). The third-order valence-corrected chi connectivity index (χ3v) is 5.21. The maximum absolute atomic E-state index is 11.8. The molecule has 2 fully saturated rings. The van der Waals surface area contributed by atoms with Crippen molar-refractivity contribution in [2.24, 2.45) is 5.92 Å². The van der Waals surface area contributed by atoms with Gasteiger partial charge in [-0.1, -0.05) is 6.92 Å². The summed E-state index contributed by atoms with van der Waals surface area (Å²) in [5.41, 5.74) is 0. The number of aliphatic hydroxyl groups is 1. The van der Waals surface area contributed by atoms with Crippen LogP contribution >= 0.6 is 11.8 Å². The van der Waals surface area contributed by atoms with Crippen molar-refractivity contribution in [2.45, 2.75) is 30.1 Å². The molecule has 3 N–H and O–H groups in total. The Kier molecular flexibility index (Phi) is 3.57. The highest BCUT2D eigenvalue weighted by Crippen LogP contribution is 2.50. The Morgan fingerprint density at radius 2 is 2.39 bits per heavy atom.